The molecule has 2 rings (SSSR count). The van der Waals surface area contributed by atoms with E-state index in [4.69, 9.17) is 11.6 Å². The summed E-state index contributed by atoms with van der Waals surface area (Å²) < 4.78 is 26.7. The standard InChI is InChI=1S/C16H17ClF2N2/c1-10(13-6-4-11(18)8-15(13)19)20-12-5-7-16(21(2)3)14(17)9-12/h4-10,20H,1-3H3. The van der Waals surface area contributed by atoms with Crippen LogP contribution in [-0.2, 0) is 0 Å². The van der Waals surface area contributed by atoms with Crippen LogP contribution in [0.3, 0.4) is 0 Å². The quantitative estimate of drug-likeness (QED) is 0.867. The molecule has 0 aromatic heterocycles. The third kappa shape index (κ3) is 3.64. The Morgan fingerprint density at radius 3 is 2.38 bits per heavy atom. The van der Waals surface area contributed by atoms with Crippen molar-refractivity contribution in [2.75, 3.05) is 24.3 Å². The molecule has 0 aliphatic heterocycles. The second kappa shape index (κ2) is 6.31. The first-order chi connectivity index (χ1) is 9.88. The fourth-order valence-electron chi connectivity index (χ4n) is 2.14. The van der Waals surface area contributed by atoms with E-state index in [9.17, 15) is 8.78 Å². The van der Waals surface area contributed by atoms with E-state index in [2.05, 4.69) is 5.32 Å². The zero-order chi connectivity index (χ0) is 15.6. The monoisotopic (exact) mass is 310 g/mol. The minimum atomic E-state index is -0.582. The number of anilines is 2. The van der Waals surface area contributed by atoms with Gasteiger partial charge in [0.25, 0.3) is 0 Å². The molecule has 0 aliphatic rings. The van der Waals surface area contributed by atoms with Gasteiger partial charge in [0.2, 0.25) is 0 Å². The van der Waals surface area contributed by atoms with Gasteiger partial charge in [-0.05, 0) is 31.2 Å². The lowest BCUT2D eigenvalue weighted by Gasteiger charge is -2.19. The van der Waals surface area contributed by atoms with E-state index in [0.717, 1.165) is 17.4 Å². The molecule has 0 saturated heterocycles. The maximum absolute atomic E-state index is 13.7. The third-order valence-electron chi connectivity index (χ3n) is 3.24. The van der Waals surface area contributed by atoms with Crippen molar-refractivity contribution in [1.82, 2.24) is 0 Å². The summed E-state index contributed by atoms with van der Waals surface area (Å²) in [5.74, 6) is -1.15. The maximum atomic E-state index is 13.7. The molecule has 0 aliphatic carbocycles. The van der Waals surface area contributed by atoms with E-state index in [1.807, 2.05) is 38.1 Å². The maximum Gasteiger partial charge on any atom is 0.131 e. The first kappa shape index (κ1) is 15.6. The molecule has 2 aromatic carbocycles. The summed E-state index contributed by atoms with van der Waals surface area (Å²) in [7, 11) is 3.82. The summed E-state index contributed by atoms with van der Waals surface area (Å²) in [6, 6.07) is 8.82. The largest absolute Gasteiger partial charge is 0.378 e. The van der Waals surface area contributed by atoms with Crippen LogP contribution in [0, 0.1) is 11.6 Å². The summed E-state index contributed by atoms with van der Waals surface area (Å²) in [6.07, 6.45) is 0. The first-order valence-electron chi connectivity index (χ1n) is 6.57. The second-order valence-electron chi connectivity index (χ2n) is 5.09. The summed E-state index contributed by atoms with van der Waals surface area (Å²) >= 11 is 6.20. The highest BCUT2D eigenvalue weighted by atomic mass is 35.5. The van der Waals surface area contributed by atoms with Crippen molar-refractivity contribution >= 4 is 23.0 Å². The molecule has 0 amide bonds. The van der Waals surface area contributed by atoms with Crippen LogP contribution in [0.1, 0.15) is 18.5 Å². The molecule has 1 unspecified atom stereocenters. The molecule has 0 fully saturated rings. The van der Waals surface area contributed by atoms with E-state index in [0.29, 0.717) is 10.6 Å². The summed E-state index contributed by atoms with van der Waals surface area (Å²) in [5, 5.41) is 3.77. The van der Waals surface area contributed by atoms with Crippen molar-refractivity contribution in [3.8, 4) is 0 Å². The molecular formula is C16H17ClF2N2. The molecule has 1 atom stereocenters. The minimum absolute atomic E-state index is 0.299. The van der Waals surface area contributed by atoms with Crippen LogP contribution in [0.25, 0.3) is 0 Å². The number of nitrogens with one attached hydrogen (secondary N) is 1. The number of halogens is 3. The smallest absolute Gasteiger partial charge is 0.131 e. The molecule has 0 spiro atoms. The van der Waals surface area contributed by atoms with E-state index >= 15 is 0 Å². The van der Waals surface area contributed by atoms with Crippen LogP contribution in [0.5, 0.6) is 0 Å². The zero-order valence-corrected chi connectivity index (χ0v) is 12.9. The lowest BCUT2D eigenvalue weighted by atomic mass is 10.1. The van der Waals surface area contributed by atoms with Gasteiger partial charge >= 0.3 is 0 Å². The molecule has 21 heavy (non-hydrogen) atoms. The van der Waals surface area contributed by atoms with Crippen LogP contribution in [0.15, 0.2) is 36.4 Å². The highest BCUT2D eigenvalue weighted by molar-refractivity contribution is 6.33. The highest BCUT2D eigenvalue weighted by Crippen LogP contribution is 2.29. The minimum Gasteiger partial charge on any atom is -0.378 e. The average molecular weight is 311 g/mol. The van der Waals surface area contributed by atoms with Gasteiger partial charge in [0.05, 0.1) is 16.8 Å². The molecule has 2 aromatic rings. The molecule has 0 saturated carbocycles. The Balaban J connectivity index is 2.19. The second-order valence-corrected chi connectivity index (χ2v) is 5.50. The van der Waals surface area contributed by atoms with Crippen LogP contribution < -0.4 is 10.2 Å². The molecule has 0 radical (unpaired) electrons. The normalized spacial score (nSPS) is 12.1. The van der Waals surface area contributed by atoms with Crippen molar-refractivity contribution < 1.29 is 8.78 Å². The Morgan fingerprint density at radius 2 is 1.81 bits per heavy atom. The van der Waals surface area contributed by atoms with E-state index in [1.54, 1.807) is 6.07 Å². The summed E-state index contributed by atoms with van der Waals surface area (Å²) in [6.45, 7) is 1.81. The average Bonchev–Trinajstić information content (AvgIpc) is 2.37. The molecule has 112 valence electrons. The van der Waals surface area contributed by atoms with E-state index in [1.165, 1.54) is 12.1 Å². The van der Waals surface area contributed by atoms with Gasteiger partial charge in [0, 0.05) is 31.4 Å². The van der Waals surface area contributed by atoms with Gasteiger partial charge < -0.3 is 10.2 Å². The fourth-order valence-corrected chi connectivity index (χ4v) is 2.49. The van der Waals surface area contributed by atoms with Crippen molar-refractivity contribution in [1.29, 1.82) is 0 Å². The Kier molecular flexibility index (Phi) is 4.68. The van der Waals surface area contributed by atoms with Gasteiger partial charge in [-0.1, -0.05) is 17.7 Å². The first-order valence-corrected chi connectivity index (χ1v) is 6.94. The highest BCUT2D eigenvalue weighted by Gasteiger charge is 2.12. The van der Waals surface area contributed by atoms with Crippen molar-refractivity contribution in [2.24, 2.45) is 0 Å². The third-order valence-corrected chi connectivity index (χ3v) is 3.54. The lowest BCUT2D eigenvalue weighted by Crippen LogP contribution is -2.11. The summed E-state index contributed by atoms with van der Waals surface area (Å²) in [4.78, 5) is 1.91. The molecule has 1 N–H and O–H groups in total. The fraction of sp³-hybridized carbons (Fsp3) is 0.250. The van der Waals surface area contributed by atoms with Gasteiger partial charge in [0.15, 0.2) is 0 Å². The molecule has 5 heteroatoms. The van der Waals surface area contributed by atoms with Crippen LogP contribution in [-0.4, -0.2) is 14.1 Å². The van der Waals surface area contributed by atoms with E-state index < -0.39 is 11.6 Å². The van der Waals surface area contributed by atoms with Crippen molar-refractivity contribution in [2.45, 2.75) is 13.0 Å². The van der Waals surface area contributed by atoms with Gasteiger partial charge in [-0.25, -0.2) is 8.78 Å². The molecule has 0 heterocycles. The van der Waals surface area contributed by atoms with Crippen LogP contribution >= 0.6 is 11.6 Å². The Labute approximate surface area is 128 Å². The number of hydrogen-bond donors (Lipinski definition) is 1. The number of rotatable bonds is 4. The zero-order valence-electron chi connectivity index (χ0n) is 12.1. The van der Waals surface area contributed by atoms with Gasteiger partial charge in [-0.3, -0.25) is 0 Å². The van der Waals surface area contributed by atoms with Gasteiger partial charge in [-0.2, -0.15) is 0 Å². The van der Waals surface area contributed by atoms with Gasteiger partial charge in [0.1, 0.15) is 11.6 Å². The van der Waals surface area contributed by atoms with Crippen LogP contribution in [0.4, 0.5) is 20.2 Å². The molecule has 2 nitrogen and oxygen atoms in total. The number of hydrogen-bond acceptors (Lipinski definition) is 2. The topological polar surface area (TPSA) is 15.3 Å². The Hall–Kier alpha value is -1.81. The summed E-state index contributed by atoms with van der Waals surface area (Å²) in [5.41, 5.74) is 2.09. The Morgan fingerprint density at radius 1 is 1.10 bits per heavy atom. The number of nitrogens with zero attached hydrogens (tertiary/aromatic N) is 1. The van der Waals surface area contributed by atoms with E-state index in [-0.39, 0.29) is 6.04 Å². The van der Waals surface area contributed by atoms with Crippen LogP contribution in [0.2, 0.25) is 5.02 Å². The molecular weight excluding hydrogens is 294 g/mol. The Bertz CT molecular complexity index is 644. The number of benzene rings is 2. The lowest BCUT2D eigenvalue weighted by molar-refractivity contribution is 0.566. The predicted molar refractivity (Wildman–Crippen MR) is 84.2 cm³/mol. The van der Waals surface area contributed by atoms with Gasteiger partial charge in [-0.15, -0.1) is 0 Å². The van der Waals surface area contributed by atoms with Crippen molar-refractivity contribution in [3.63, 3.8) is 0 Å². The molecule has 0 bridgehead atoms. The SMILES string of the molecule is CC(Nc1ccc(N(C)C)c(Cl)c1)c1ccc(F)cc1F. The van der Waals surface area contributed by atoms with Crippen molar-refractivity contribution in [3.05, 3.63) is 58.6 Å². The predicted octanol–water partition coefficient (Wildman–Crippen LogP) is 4.86.